The maximum Gasteiger partial charge on any atom is 0.0549 e. The van der Waals surface area contributed by atoms with Crippen molar-refractivity contribution in [1.29, 1.82) is 0 Å². The summed E-state index contributed by atoms with van der Waals surface area (Å²) in [6, 6.07) is 7.23. The van der Waals surface area contributed by atoms with Crippen LogP contribution in [0.4, 0.5) is 5.69 Å². The van der Waals surface area contributed by atoms with Crippen molar-refractivity contribution in [3.8, 4) is 0 Å². The van der Waals surface area contributed by atoms with Crippen molar-refractivity contribution in [1.82, 2.24) is 5.32 Å². The molecule has 0 amide bonds. The Morgan fingerprint density at radius 3 is 2.78 bits per heavy atom. The minimum absolute atomic E-state index is 0.507. The van der Waals surface area contributed by atoms with Crippen LogP contribution in [-0.2, 0) is 0 Å². The van der Waals surface area contributed by atoms with E-state index in [1.807, 2.05) is 6.07 Å². The molecule has 4 heteroatoms. The van der Waals surface area contributed by atoms with Gasteiger partial charge in [-0.25, -0.2) is 0 Å². The van der Waals surface area contributed by atoms with Gasteiger partial charge in [0.25, 0.3) is 0 Å². The van der Waals surface area contributed by atoms with E-state index in [2.05, 4.69) is 59.1 Å². The van der Waals surface area contributed by atoms with Gasteiger partial charge in [0.1, 0.15) is 0 Å². The molecule has 2 nitrogen and oxygen atoms in total. The van der Waals surface area contributed by atoms with E-state index in [0.717, 1.165) is 22.6 Å². The van der Waals surface area contributed by atoms with Gasteiger partial charge in [0, 0.05) is 35.3 Å². The second kappa shape index (κ2) is 5.81. The number of nitrogens with one attached hydrogen (secondary N) is 1. The van der Waals surface area contributed by atoms with Crippen LogP contribution < -0.4 is 10.2 Å². The molecule has 100 valence electrons. The fourth-order valence-electron chi connectivity index (χ4n) is 2.36. The van der Waals surface area contributed by atoms with Crippen LogP contribution in [0.5, 0.6) is 0 Å². The number of hydrogen-bond acceptors (Lipinski definition) is 2. The first-order chi connectivity index (χ1) is 8.49. The van der Waals surface area contributed by atoms with Crippen molar-refractivity contribution < 1.29 is 0 Å². The van der Waals surface area contributed by atoms with Crippen LogP contribution in [0.1, 0.15) is 20.8 Å². The Hall–Kier alpha value is -0.250. The van der Waals surface area contributed by atoms with E-state index in [-0.39, 0.29) is 0 Å². The van der Waals surface area contributed by atoms with Gasteiger partial charge in [-0.1, -0.05) is 25.4 Å². The maximum absolute atomic E-state index is 6.06. The van der Waals surface area contributed by atoms with Gasteiger partial charge < -0.3 is 10.2 Å². The Labute approximate surface area is 123 Å². The average molecular weight is 332 g/mol. The molecule has 18 heavy (non-hydrogen) atoms. The lowest BCUT2D eigenvalue weighted by Crippen LogP contribution is -2.57. The van der Waals surface area contributed by atoms with Crippen molar-refractivity contribution in [3.05, 3.63) is 27.7 Å². The van der Waals surface area contributed by atoms with E-state index < -0.39 is 0 Å². The summed E-state index contributed by atoms with van der Waals surface area (Å²) in [5, 5.41) is 4.38. The first-order valence-electron chi connectivity index (χ1n) is 6.44. The SMILES string of the molecule is CC(C)C1CN(c2ccc(Cl)c(Br)c2)C(C)CN1. The molecular formula is C14H20BrClN2. The van der Waals surface area contributed by atoms with Gasteiger partial charge >= 0.3 is 0 Å². The molecule has 2 atom stereocenters. The van der Waals surface area contributed by atoms with E-state index >= 15 is 0 Å². The molecule has 0 aliphatic carbocycles. The predicted molar refractivity (Wildman–Crippen MR) is 82.6 cm³/mol. The second-order valence-corrected chi connectivity index (χ2v) is 6.62. The molecule has 0 bridgehead atoms. The summed E-state index contributed by atoms with van der Waals surface area (Å²) >= 11 is 9.56. The number of rotatable bonds is 2. The maximum atomic E-state index is 6.06. The number of nitrogens with zero attached hydrogens (tertiary/aromatic N) is 1. The summed E-state index contributed by atoms with van der Waals surface area (Å²) < 4.78 is 0.966. The van der Waals surface area contributed by atoms with Crippen molar-refractivity contribution >= 4 is 33.2 Å². The Balaban J connectivity index is 2.21. The number of benzene rings is 1. The smallest absolute Gasteiger partial charge is 0.0549 e. The van der Waals surface area contributed by atoms with Crippen LogP contribution >= 0.6 is 27.5 Å². The molecule has 2 unspecified atom stereocenters. The van der Waals surface area contributed by atoms with E-state index in [9.17, 15) is 0 Å². The average Bonchev–Trinajstić information content (AvgIpc) is 2.33. The fourth-order valence-corrected chi connectivity index (χ4v) is 2.84. The summed E-state index contributed by atoms with van der Waals surface area (Å²) in [7, 11) is 0. The highest BCUT2D eigenvalue weighted by Crippen LogP contribution is 2.29. The van der Waals surface area contributed by atoms with Gasteiger partial charge in [-0.2, -0.15) is 0 Å². The quantitative estimate of drug-likeness (QED) is 0.883. The molecule has 2 rings (SSSR count). The van der Waals surface area contributed by atoms with Crippen LogP contribution in [0.2, 0.25) is 5.02 Å². The second-order valence-electron chi connectivity index (χ2n) is 5.36. The highest BCUT2D eigenvalue weighted by Gasteiger charge is 2.26. The zero-order valence-electron chi connectivity index (χ0n) is 11.1. The minimum atomic E-state index is 0.507. The Kier molecular flexibility index (Phi) is 4.57. The molecule has 1 aliphatic heterocycles. The molecule has 1 aromatic carbocycles. The zero-order chi connectivity index (χ0) is 13.3. The van der Waals surface area contributed by atoms with Crippen LogP contribution in [0.3, 0.4) is 0 Å². The van der Waals surface area contributed by atoms with Gasteiger partial charge in [0.15, 0.2) is 0 Å². The van der Waals surface area contributed by atoms with E-state index in [1.165, 1.54) is 5.69 Å². The lowest BCUT2D eigenvalue weighted by molar-refractivity contribution is 0.337. The normalized spacial score (nSPS) is 24.7. The number of hydrogen-bond donors (Lipinski definition) is 1. The van der Waals surface area contributed by atoms with Gasteiger partial charge in [-0.3, -0.25) is 0 Å². The third kappa shape index (κ3) is 3.01. The first-order valence-corrected chi connectivity index (χ1v) is 7.61. The van der Waals surface area contributed by atoms with E-state index in [0.29, 0.717) is 18.0 Å². The number of piperazine rings is 1. The molecule has 0 spiro atoms. The van der Waals surface area contributed by atoms with Crippen LogP contribution in [0.25, 0.3) is 0 Å². The molecule has 1 aromatic rings. The molecule has 1 aliphatic rings. The summed E-state index contributed by atoms with van der Waals surface area (Å²) in [4.78, 5) is 2.46. The van der Waals surface area contributed by atoms with Crippen LogP contribution in [0, 0.1) is 5.92 Å². The van der Waals surface area contributed by atoms with Crippen molar-refractivity contribution in [2.24, 2.45) is 5.92 Å². The number of anilines is 1. The molecule has 1 fully saturated rings. The first kappa shape index (κ1) is 14.2. The predicted octanol–water partition coefficient (Wildman–Crippen LogP) is 3.93. The lowest BCUT2D eigenvalue weighted by Gasteiger charge is -2.42. The van der Waals surface area contributed by atoms with E-state index in [4.69, 9.17) is 11.6 Å². The molecule has 1 saturated heterocycles. The Morgan fingerprint density at radius 2 is 2.17 bits per heavy atom. The summed E-state index contributed by atoms with van der Waals surface area (Å²) in [5.41, 5.74) is 1.24. The molecule has 0 saturated carbocycles. The number of halogens is 2. The van der Waals surface area contributed by atoms with Crippen molar-refractivity contribution in [2.75, 3.05) is 18.0 Å². The fraction of sp³-hybridized carbons (Fsp3) is 0.571. The standard InChI is InChI=1S/C14H20BrClN2/c1-9(2)14-8-18(10(3)7-17-14)11-4-5-13(16)12(15)6-11/h4-6,9-10,14,17H,7-8H2,1-3H3. The highest BCUT2D eigenvalue weighted by atomic mass is 79.9. The van der Waals surface area contributed by atoms with Gasteiger partial charge in [0.2, 0.25) is 0 Å². The largest absolute Gasteiger partial charge is 0.366 e. The highest BCUT2D eigenvalue weighted by molar-refractivity contribution is 9.10. The monoisotopic (exact) mass is 330 g/mol. The third-order valence-corrected chi connectivity index (χ3v) is 4.85. The molecular weight excluding hydrogens is 312 g/mol. The molecule has 0 radical (unpaired) electrons. The van der Waals surface area contributed by atoms with Gasteiger partial charge in [-0.15, -0.1) is 0 Å². The van der Waals surface area contributed by atoms with Crippen molar-refractivity contribution in [2.45, 2.75) is 32.9 Å². The summed E-state index contributed by atoms with van der Waals surface area (Å²) in [6.07, 6.45) is 0. The minimum Gasteiger partial charge on any atom is -0.366 e. The van der Waals surface area contributed by atoms with Crippen molar-refractivity contribution in [3.63, 3.8) is 0 Å². The van der Waals surface area contributed by atoms with Crippen LogP contribution in [-0.4, -0.2) is 25.2 Å². The molecule has 1 heterocycles. The van der Waals surface area contributed by atoms with Gasteiger partial charge in [-0.05, 0) is 47.0 Å². The topological polar surface area (TPSA) is 15.3 Å². The molecule has 1 N–H and O–H groups in total. The Morgan fingerprint density at radius 1 is 1.44 bits per heavy atom. The molecule has 0 aromatic heterocycles. The van der Waals surface area contributed by atoms with Crippen LogP contribution in [0.15, 0.2) is 22.7 Å². The summed E-state index contributed by atoms with van der Waals surface area (Å²) in [6.45, 7) is 8.87. The summed E-state index contributed by atoms with van der Waals surface area (Å²) in [5.74, 6) is 0.649. The van der Waals surface area contributed by atoms with E-state index in [1.54, 1.807) is 0 Å². The van der Waals surface area contributed by atoms with Gasteiger partial charge in [0.05, 0.1) is 5.02 Å². The zero-order valence-corrected chi connectivity index (χ0v) is 13.4. The Bertz CT molecular complexity index is 422. The lowest BCUT2D eigenvalue weighted by atomic mass is 9.99. The third-order valence-electron chi connectivity index (χ3n) is 3.64.